The number of rotatable bonds is 9. The first kappa shape index (κ1) is 24.9. The van der Waals surface area contributed by atoms with Gasteiger partial charge in [-0.2, -0.15) is 0 Å². The zero-order valence-corrected chi connectivity index (χ0v) is 20.8. The van der Waals surface area contributed by atoms with E-state index in [4.69, 9.17) is 4.74 Å². The predicted molar refractivity (Wildman–Crippen MR) is 146 cm³/mol. The first-order valence-electron chi connectivity index (χ1n) is 12.9. The summed E-state index contributed by atoms with van der Waals surface area (Å²) >= 11 is 0. The minimum absolute atomic E-state index is 0.110. The standard InChI is InChI=1S/C33H31F2NO/c34-29-14-8-27(9-15-29)33(28-10-16-30(35)17-11-28)7-4-22-36-23-20-32(21-24-36)37-31-18-12-26(13-19-31)25-5-2-1-3-6-25/h1-3,5-6,8-20,33H,4,7,21-24H2. The van der Waals surface area contributed by atoms with E-state index in [-0.39, 0.29) is 17.6 Å². The van der Waals surface area contributed by atoms with Crippen LogP contribution in [0.4, 0.5) is 8.78 Å². The van der Waals surface area contributed by atoms with Gasteiger partial charge < -0.3 is 4.74 Å². The normalized spacial score (nSPS) is 14.0. The topological polar surface area (TPSA) is 12.5 Å². The molecule has 0 saturated carbocycles. The Morgan fingerprint density at radius 2 is 1.30 bits per heavy atom. The Bertz CT molecular complexity index is 1250. The van der Waals surface area contributed by atoms with Crippen molar-refractivity contribution in [3.8, 4) is 16.9 Å². The summed E-state index contributed by atoms with van der Waals surface area (Å²) in [6, 6.07) is 31.9. The minimum atomic E-state index is -0.244. The lowest BCUT2D eigenvalue weighted by Crippen LogP contribution is -2.30. The van der Waals surface area contributed by atoms with Crippen LogP contribution in [0.3, 0.4) is 0 Å². The minimum Gasteiger partial charge on any atom is -0.462 e. The molecule has 0 atom stereocenters. The molecule has 4 aromatic rings. The fourth-order valence-electron chi connectivity index (χ4n) is 4.92. The number of hydrogen-bond acceptors (Lipinski definition) is 2. The van der Waals surface area contributed by atoms with Gasteiger partial charge in [-0.1, -0.05) is 66.7 Å². The van der Waals surface area contributed by atoms with Crippen molar-refractivity contribution < 1.29 is 13.5 Å². The van der Waals surface area contributed by atoms with Gasteiger partial charge in [0, 0.05) is 25.4 Å². The number of nitrogens with zero attached hydrogens (tertiary/aromatic N) is 1. The fraction of sp³-hybridized carbons (Fsp3) is 0.212. The summed E-state index contributed by atoms with van der Waals surface area (Å²) in [5.41, 5.74) is 4.49. The summed E-state index contributed by atoms with van der Waals surface area (Å²) in [7, 11) is 0. The molecule has 0 unspecified atom stereocenters. The quantitative estimate of drug-likeness (QED) is 0.232. The number of hydrogen-bond donors (Lipinski definition) is 0. The molecule has 1 heterocycles. The largest absolute Gasteiger partial charge is 0.462 e. The van der Waals surface area contributed by atoms with Crippen LogP contribution in [0.15, 0.2) is 115 Å². The predicted octanol–water partition coefficient (Wildman–Crippen LogP) is 8.21. The van der Waals surface area contributed by atoms with Crippen LogP contribution in [0.2, 0.25) is 0 Å². The highest BCUT2D eigenvalue weighted by atomic mass is 19.1. The van der Waals surface area contributed by atoms with Crippen LogP contribution in [0, 0.1) is 11.6 Å². The maximum Gasteiger partial charge on any atom is 0.126 e. The lowest BCUT2D eigenvalue weighted by atomic mass is 9.87. The molecule has 0 spiro atoms. The van der Waals surface area contributed by atoms with Gasteiger partial charge >= 0.3 is 0 Å². The molecule has 37 heavy (non-hydrogen) atoms. The van der Waals surface area contributed by atoms with Gasteiger partial charge in [0.15, 0.2) is 0 Å². The van der Waals surface area contributed by atoms with Crippen molar-refractivity contribution in [1.29, 1.82) is 0 Å². The average Bonchev–Trinajstić information content (AvgIpc) is 2.94. The molecule has 0 fully saturated rings. The van der Waals surface area contributed by atoms with Crippen molar-refractivity contribution in [3.63, 3.8) is 0 Å². The highest BCUT2D eigenvalue weighted by molar-refractivity contribution is 5.63. The summed E-state index contributed by atoms with van der Waals surface area (Å²) in [5, 5.41) is 0. The number of halogens is 2. The molecule has 0 N–H and O–H groups in total. The van der Waals surface area contributed by atoms with E-state index in [1.807, 2.05) is 54.6 Å². The molecule has 188 valence electrons. The Kier molecular flexibility index (Phi) is 8.07. The van der Waals surface area contributed by atoms with Gasteiger partial charge in [-0.05, 0) is 84.1 Å². The molecular weight excluding hydrogens is 464 g/mol. The molecule has 0 saturated heterocycles. The van der Waals surface area contributed by atoms with E-state index in [1.165, 1.54) is 35.4 Å². The lowest BCUT2D eigenvalue weighted by molar-refractivity contribution is 0.256. The van der Waals surface area contributed by atoms with Crippen LogP contribution >= 0.6 is 0 Å². The Morgan fingerprint density at radius 1 is 0.703 bits per heavy atom. The molecule has 0 bridgehead atoms. The molecule has 4 heteroatoms. The SMILES string of the molecule is Fc1ccc(C(CCCN2CC=C(Oc3ccc(-c4ccccc4)cc3)CC2)c2ccc(F)cc2)cc1. The molecule has 5 rings (SSSR count). The molecule has 1 aliphatic heterocycles. The second-order valence-corrected chi connectivity index (χ2v) is 9.51. The molecule has 4 aromatic carbocycles. The lowest BCUT2D eigenvalue weighted by Gasteiger charge is -2.27. The third-order valence-corrected chi connectivity index (χ3v) is 6.97. The summed E-state index contributed by atoms with van der Waals surface area (Å²) in [6.07, 6.45) is 4.95. The van der Waals surface area contributed by atoms with Crippen molar-refractivity contribution in [3.05, 3.63) is 138 Å². The van der Waals surface area contributed by atoms with Crippen LogP contribution in [0.25, 0.3) is 11.1 Å². The van der Waals surface area contributed by atoms with Gasteiger partial charge in [0.2, 0.25) is 0 Å². The molecule has 2 nitrogen and oxygen atoms in total. The van der Waals surface area contributed by atoms with Gasteiger partial charge in [-0.3, -0.25) is 4.90 Å². The summed E-state index contributed by atoms with van der Waals surface area (Å²) < 4.78 is 33.1. The van der Waals surface area contributed by atoms with E-state index in [1.54, 1.807) is 0 Å². The van der Waals surface area contributed by atoms with Crippen LogP contribution in [-0.2, 0) is 0 Å². The summed E-state index contributed by atoms with van der Waals surface area (Å²) in [4.78, 5) is 2.43. The molecular formula is C33H31F2NO. The van der Waals surface area contributed by atoms with Crippen molar-refractivity contribution in [1.82, 2.24) is 4.90 Å². The number of benzene rings is 4. The second kappa shape index (κ2) is 12.0. The second-order valence-electron chi connectivity index (χ2n) is 9.51. The zero-order chi connectivity index (χ0) is 25.5. The van der Waals surface area contributed by atoms with E-state index in [0.29, 0.717) is 0 Å². The van der Waals surface area contributed by atoms with Gasteiger partial charge in [-0.15, -0.1) is 0 Å². The zero-order valence-electron chi connectivity index (χ0n) is 20.8. The fourth-order valence-corrected chi connectivity index (χ4v) is 4.92. The van der Waals surface area contributed by atoms with Crippen molar-refractivity contribution in [2.75, 3.05) is 19.6 Å². The average molecular weight is 496 g/mol. The van der Waals surface area contributed by atoms with Gasteiger partial charge in [0.1, 0.15) is 23.1 Å². The monoisotopic (exact) mass is 495 g/mol. The third-order valence-electron chi connectivity index (χ3n) is 6.97. The van der Waals surface area contributed by atoms with E-state index >= 15 is 0 Å². The first-order chi connectivity index (χ1) is 18.1. The summed E-state index contributed by atoms with van der Waals surface area (Å²) in [5.74, 6) is 1.50. The van der Waals surface area contributed by atoms with E-state index < -0.39 is 0 Å². The van der Waals surface area contributed by atoms with E-state index in [9.17, 15) is 8.78 Å². The third kappa shape index (κ3) is 6.72. The van der Waals surface area contributed by atoms with Crippen LogP contribution in [0.1, 0.15) is 36.3 Å². The van der Waals surface area contributed by atoms with Crippen molar-refractivity contribution >= 4 is 0 Å². The Balaban J connectivity index is 1.14. The highest BCUT2D eigenvalue weighted by Crippen LogP contribution is 2.30. The maximum atomic E-state index is 13.5. The molecule has 0 aliphatic carbocycles. The molecule has 0 radical (unpaired) electrons. The van der Waals surface area contributed by atoms with E-state index in [2.05, 4.69) is 35.2 Å². The molecule has 1 aliphatic rings. The first-order valence-corrected chi connectivity index (χ1v) is 12.9. The number of ether oxygens (including phenoxy) is 1. The van der Waals surface area contributed by atoms with E-state index in [0.717, 1.165) is 61.5 Å². The van der Waals surface area contributed by atoms with Gasteiger partial charge in [0.25, 0.3) is 0 Å². The van der Waals surface area contributed by atoms with Crippen molar-refractivity contribution in [2.24, 2.45) is 0 Å². The smallest absolute Gasteiger partial charge is 0.126 e. The molecule has 0 aromatic heterocycles. The van der Waals surface area contributed by atoms with Crippen LogP contribution in [0.5, 0.6) is 5.75 Å². The Hall–Kier alpha value is -3.76. The van der Waals surface area contributed by atoms with Crippen molar-refractivity contribution in [2.45, 2.75) is 25.2 Å². The van der Waals surface area contributed by atoms with Crippen LogP contribution < -0.4 is 4.74 Å². The summed E-state index contributed by atoms with van der Waals surface area (Å²) in [6.45, 7) is 2.77. The highest BCUT2D eigenvalue weighted by Gasteiger charge is 2.17. The Morgan fingerprint density at radius 3 is 1.86 bits per heavy atom. The molecule has 0 amide bonds. The van der Waals surface area contributed by atoms with Gasteiger partial charge in [0.05, 0.1) is 0 Å². The van der Waals surface area contributed by atoms with Crippen LogP contribution in [-0.4, -0.2) is 24.5 Å². The maximum absolute atomic E-state index is 13.5. The van der Waals surface area contributed by atoms with Gasteiger partial charge in [-0.25, -0.2) is 8.78 Å². The Labute approximate surface area is 217 Å².